The molecule has 0 unspecified atom stereocenters. The van der Waals surface area contributed by atoms with Gasteiger partial charge in [-0.2, -0.15) is 5.10 Å². The topological polar surface area (TPSA) is 83.8 Å². The van der Waals surface area contributed by atoms with E-state index in [-0.39, 0.29) is 17.5 Å². The Labute approximate surface area is 103 Å². The number of aromatic nitrogens is 2. The Hall–Kier alpha value is -2.37. The molecule has 1 amide bonds. The summed E-state index contributed by atoms with van der Waals surface area (Å²) < 4.78 is 12.7. The minimum absolute atomic E-state index is 0.170. The van der Waals surface area contributed by atoms with E-state index in [0.29, 0.717) is 17.8 Å². The van der Waals surface area contributed by atoms with Gasteiger partial charge < -0.3 is 11.1 Å². The van der Waals surface area contributed by atoms with Crippen LogP contribution in [0.15, 0.2) is 24.3 Å². The van der Waals surface area contributed by atoms with Crippen molar-refractivity contribution in [2.24, 2.45) is 0 Å². The fourth-order valence-electron chi connectivity index (χ4n) is 1.61. The van der Waals surface area contributed by atoms with Gasteiger partial charge in [0.15, 0.2) is 5.82 Å². The maximum Gasteiger partial charge on any atom is 0.257 e. The minimum Gasteiger partial charge on any atom is -0.382 e. The molecule has 1 aromatic carbocycles. The van der Waals surface area contributed by atoms with E-state index in [1.54, 1.807) is 19.1 Å². The van der Waals surface area contributed by atoms with E-state index in [0.717, 1.165) is 5.56 Å². The molecule has 94 valence electrons. The van der Waals surface area contributed by atoms with Crippen molar-refractivity contribution in [3.8, 4) is 0 Å². The van der Waals surface area contributed by atoms with Gasteiger partial charge in [-0.15, -0.1) is 0 Å². The number of H-pyrrole nitrogens is 1. The van der Waals surface area contributed by atoms with Gasteiger partial charge in [-0.05, 0) is 24.6 Å². The lowest BCUT2D eigenvalue weighted by molar-refractivity contribution is 0.0951. The maximum atomic E-state index is 12.7. The second-order valence-corrected chi connectivity index (χ2v) is 3.92. The van der Waals surface area contributed by atoms with Gasteiger partial charge >= 0.3 is 0 Å². The Bertz CT molecular complexity index is 542. The van der Waals surface area contributed by atoms with Crippen molar-refractivity contribution in [1.29, 1.82) is 0 Å². The molecule has 0 spiro atoms. The van der Waals surface area contributed by atoms with E-state index in [1.165, 1.54) is 12.1 Å². The summed E-state index contributed by atoms with van der Waals surface area (Å²) in [5.74, 6) is -0.438. The fourth-order valence-corrected chi connectivity index (χ4v) is 1.61. The molecule has 0 aliphatic carbocycles. The van der Waals surface area contributed by atoms with E-state index in [9.17, 15) is 9.18 Å². The number of rotatable bonds is 3. The number of carbonyl (C=O) groups excluding carboxylic acids is 1. The van der Waals surface area contributed by atoms with Gasteiger partial charge in [0.05, 0.1) is 0 Å². The summed E-state index contributed by atoms with van der Waals surface area (Å²) in [6.07, 6.45) is 0. The zero-order chi connectivity index (χ0) is 13.1. The van der Waals surface area contributed by atoms with Crippen molar-refractivity contribution in [3.05, 3.63) is 46.9 Å². The highest BCUT2D eigenvalue weighted by molar-refractivity contribution is 5.99. The Balaban J connectivity index is 2.03. The predicted molar refractivity (Wildman–Crippen MR) is 65.3 cm³/mol. The molecular weight excluding hydrogens is 235 g/mol. The van der Waals surface area contributed by atoms with Crippen LogP contribution >= 0.6 is 0 Å². The van der Waals surface area contributed by atoms with Crippen LogP contribution in [0.25, 0.3) is 0 Å². The molecule has 2 rings (SSSR count). The predicted octanol–water partition coefficient (Wildman–Crippen LogP) is 1.37. The van der Waals surface area contributed by atoms with Gasteiger partial charge in [0.2, 0.25) is 0 Å². The number of benzene rings is 1. The number of nitrogen functional groups attached to an aromatic ring is 1. The summed E-state index contributed by atoms with van der Waals surface area (Å²) in [7, 11) is 0. The van der Waals surface area contributed by atoms with Crippen LogP contribution in [0.2, 0.25) is 0 Å². The van der Waals surface area contributed by atoms with Crippen LogP contribution in [0, 0.1) is 12.7 Å². The maximum absolute atomic E-state index is 12.7. The first-order valence-electron chi connectivity index (χ1n) is 5.41. The van der Waals surface area contributed by atoms with Crippen LogP contribution < -0.4 is 11.1 Å². The van der Waals surface area contributed by atoms with Crippen molar-refractivity contribution in [2.75, 3.05) is 5.73 Å². The molecule has 0 aliphatic rings. The largest absolute Gasteiger partial charge is 0.382 e. The van der Waals surface area contributed by atoms with Gasteiger partial charge in [-0.1, -0.05) is 12.1 Å². The van der Waals surface area contributed by atoms with E-state index >= 15 is 0 Å². The minimum atomic E-state index is -0.306. The average molecular weight is 248 g/mol. The third-order valence-electron chi connectivity index (χ3n) is 2.57. The van der Waals surface area contributed by atoms with Crippen molar-refractivity contribution < 1.29 is 9.18 Å². The number of anilines is 1. The summed E-state index contributed by atoms with van der Waals surface area (Å²) in [6, 6.07) is 5.92. The lowest BCUT2D eigenvalue weighted by atomic mass is 10.2. The number of nitrogens with one attached hydrogen (secondary N) is 2. The van der Waals surface area contributed by atoms with Crippen molar-refractivity contribution >= 4 is 11.7 Å². The first kappa shape index (κ1) is 12.1. The summed E-state index contributed by atoms with van der Waals surface area (Å²) >= 11 is 0. The Morgan fingerprint density at radius 2 is 2.11 bits per heavy atom. The molecule has 0 aliphatic heterocycles. The number of hydrogen-bond acceptors (Lipinski definition) is 3. The quantitative estimate of drug-likeness (QED) is 0.767. The Morgan fingerprint density at radius 1 is 1.44 bits per heavy atom. The molecule has 1 aromatic heterocycles. The van der Waals surface area contributed by atoms with E-state index in [2.05, 4.69) is 15.5 Å². The molecule has 0 saturated heterocycles. The molecule has 18 heavy (non-hydrogen) atoms. The van der Waals surface area contributed by atoms with Gasteiger partial charge in [0.25, 0.3) is 5.91 Å². The lowest BCUT2D eigenvalue weighted by Crippen LogP contribution is -2.24. The number of nitrogens with two attached hydrogens (primary N) is 1. The molecule has 1 heterocycles. The van der Waals surface area contributed by atoms with Crippen molar-refractivity contribution in [2.45, 2.75) is 13.5 Å². The normalized spacial score (nSPS) is 10.3. The second-order valence-electron chi connectivity index (χ2n) is 3.92. The Kier molecular flexibility index (Phi) is 3.27. The van der Waals surface area contributed by atoms with Gasteiger partial charge in [0, 0.05) is 12.2 Å². The summed E-state index contributed by atoms with van der Waals surface area (Å²) in [5.41, 5.74) is 7.35. The number of nitrogens with zero attached hydrogens (tertiary/aromatic N) is 1. The smallest absolute Gasteiger partial charge is 0.257 e. The number of aryl methyl sites for hydroxylation is 1. The highest BCUT2D eigenvalue weighted by atomic mass is 19.1. The molecule has 0 fully saturated rings. The third-order valence-corrected chi connectivity index (χ3v) is 2.57. The van der Waals surface area contributed by atoms with Crippen LogP contribution in [0.1, 0.15) is 21.6 Å². The monoisotopic (exact) mass is 248 g/mol. The molecular formula is C12H13FN4O. The number of hydrogen-bond donors (Lipinski definition) is 3. The standard InChI is InChI=1S/C12H13FN4O/c1-7-10(11(14)17-16-7)12(18)15-6-8-2-4-9(13)5-3-8/h2-5H,6H2,1H3,(H,15,18)(H3,14,16,17). The number of carbonyl (C=O) groups is 1. The van der Waals surface area contributed by atoms with Crippen LogP contribution in [-0.4, -0.2) is 16.1 Å². The molecule has 4 N–H and O–H groups in total. The first-order valence-corrected chi connectivity index (χ1v) is 5.41. The van der Waals surface area contributed by atoms with Gasteiger partial charge in [0.1, 0.15) is 11.4 Å². The van der Waals surface area contributed by atoms with Crippen molar-refractivity contribution in [3.63, 3.8) is 0 Å². The molecule has 0 atom stereocenters. The highest BCUT2D eigenvalue weighted by Crippen LogP contribution is 2.12. The van der Waals surface area contributed by atoms with Crippen molar-refractivity contribution in [1.82, 2.24) is 15.5 Å². The third kappa shape index (κ3) is 2.48. The summed E-state index contributed by atoms with van der Waals surface area (Å²) in [6.45, 7) is 2.03. The summed E-state index contributed by atoms with van der Waals surface area (Å²) in [5, 5.41) is 9.09. The molecule has 5 nitrogen and oxygen atoms in total. The van der Waals surface area contributed by atoms with E-state index < -0.39 is 0 Å². The second kappa shape index (κ2) is 4.87. The molecule has 2 aromatic rings. The van der Waals surface area contributed by atoms with Crippen LogP contribution in [-0.2, 0) is 6.54 Å². The zero-order valence-corrected chi connectivity index (χ0v) is 9.83. The highest BCUT2D eigenvalue weighted by Gasteiger charge is 2.15. The van der Waals surface area contributed by atoms with Gasteiger partial charge in [-0.25, -0.2) is 4.39 Å². The molecule has 6 heteroatoms. The molecule has 0 bridgehead atoms. The number of aromatic amines is 1. The number of amides is 1. The summed E-state index contributed by atoms with van der Waals surface area (Å²) in [4.78, 5) is 11.9. The average Bonchev–Trinajstić information content (AvgIpc) is 2.68. The van der Waals surface area contributed by atoms with E-state index in [4.69, 9.17) is 5.73 Å². The van der Waals surface area contributed by atoms with Crippen LogP contribution in [0.3, 0.4) is 0 Å². The first-order chi connectivity index (χ1) is 8.58. The van der Waals surface area contributed by atoms with Crippen LogP contribution in [0.4, 0.5) is 10.2 Å². The Morgan fingerprint density at radius 3 is 2.67 bits per heavy atom. The SMILES string of the molecule is Cc1[nH]nc(N)c1C(=O)NCc1ccc(F)cc1. The van der Waals surface area contributed by atoms with Crippen LogP contribution in [0.5, 0.6) is 0 Å². The van der Waals surface area contributed by atoms with E-state index in [1.807, 2.05) is 0 Å². The number of halogens is 1. The zero-order valence-electron chi connectivity index (χ0n) is 9.83. The molecule has 0 radical (unpaired) electrons. The van der Waals surface area contributed by atoms with Gasteiger partial charge in [-0.3, -0.25) is 9.89 Å². The fraction of sp³-hybridized carbons (Fsp3) is 0.167. The lowest BCUT2D eigenvalue weighted by Gasteiger charge is -2.05. The molecule has 0 saturated carbocycles.